The Bertz CT molecular complexity index is 940. The summed E-state index contributed by atoms with van der Waals surface area (Å²) in [5.41, 5.74) is 5.74. The molecule has 4 nitrogen and oxygen atoms in total. The van der Waals surface area contributed by atoms with Gasteiger partial charge in [0.1, 0.15) is 0 Å². The van der Waals surface area contributed by atoms with Gasteiger partial charge in [-0.25, -0.2) is 0 Å². The summed E-state index contributed by atoms with van der Waals surface area (Å²) in [5.74, 6) is 0. The van der Waals surface area contributed by atoms with Gasteiger partial charge in [0.15, 0.2) is 16.6 Å². The van der Waals surface area contributed by atoms with Gasteiger partial charge in [0, 0.05) is 0 Å². The lowest BCUT2D eigenvalue weighted by molar-refractivity contribution is 0.315. The third-order valence-corrected chi connectivity index (χ3v) is 24.0. The minimum atomic E-state index is -3.29. The van der Waals surface area contributed by atoms with E-state index in [9.17, 15) is 0 Å². The van der Waals surface area contributed by atoms with E-state index in [-0.39, 0.29) is 0 Å². The SMILES string of the molecule is C=C[Si](C)(C)O[Si](C)(C)O[Si](O[Si](C)(C=C)O[Si](C)(C)C=C)(c1ccccc1)c1ccccc1. The molecule has 0 aliphatic carbocycles. The zero-order valence-electron chi connectivity index (χ0n) is 21.8. The predicted octanol–water partition coefficient (Wildman–Crippen LogP) is 5.67. The van der Waals surface area contributed by atoms with Crippen molar-refractivity contribution < 1.29 is 16.5 Å². The molecule has 0 aliphatic rings. The van der Waals surface area contributed by atoms with Crippen LogP contribution in [0.1, 0.15) is 0 Å². The molecular formula is C25H40O4Si5. The highest BCUT2D eigenvalue weighted by Crippen LogP contribution is 2.27. The second kappa shape index (κ2) is 11.1. The smallest absolute Gasteiger partial charge is 0.389 e. The van der Waals surface area contributed by atoms with Crippen molar-refractivity contribution >= 4 is 52.7 Å². The average Bonchev–Trinajstić information content (AvgIpc) is 2.78. The molecule has 0 heterocycles. The van der Waals surface area contributed by atoms with Gasteiger partial charge >= 0.3 is 25.7 Å². The number of rotatable bonds is 13. The van der Waals surface area contributed by atoms with Crippen molar-refractivity contribution in [3.8, 4) is 0 Å². The van der Waals surface area contributed by atoms with Crippen molar-refractivity contribution in [2.45, 2.75) is 45.8 Å². The molecular weight excluding hydrogens is 505 g/mol. The molecule has 184 valence electrons. The van der Waals surface area contributed by atoms with Crippen LogP contribution in [0.5, 0.6) is 0 Å². The maximum Gasteiger partial charge on any atom is 0.389 e. The van der Waals surface area contributed by atoms with Crippen LogP contribution in [0.15, 0.2) is 97.5 Å². The first-order valence-corrected chi connectivity index (χ1v) is 24.5. The second-order valence-electron chi connectivity index (χ2n) is 9.99. The maximum atomic E-state index is 7.22. The molecule has 2 aromatic carbocycles. The Morgan fingerprint density at radius 2 is 0.941 bits per heavy atom. The fourth-order valence-electron chi connectivity index (χ4n) is 3.73. The fraction of sp³-hybridized carbons (Fsp3) is 0.280. The molecule has 0 fully saturated rings. The first-order valence-electron chi connectivity index (χ1n) is 11.5. The molecule has 0 spiro atoms. The topological polar surface area (TPSA) is 36.9 Å². The van der Waals surface area contributed by atoms with E-state index in [0.29, 0.717) is 0 Å². The van der Waals surface area contributed by atoms with Gasteiger partial charge in [-0.15, -0.1) is 19.7 Å². The Labute approximate surface area is 212 Å². The van der Waals surface area contributed by atoms with Crippen LogP contribution < -0.4 is 10.4 Å². The molecule has 0 saturated heterocycles. The molecule has 1 atom stereocenters. The van der Waals surface area contributed by atoms with Gasteiger partial charge in [0.2, 0.25) is 0 Å². The summed E-state index contributed by atoms with van der Waals surface area (Å²) in [4.78, 5) is 0. The summed E-state index contributed by atoms with van der Waals surface area (Å²) in [5, 5.41) is 2.04. The highest BCUT2D eigenvalue weighted by Gasteiger charge is 2.54. The molecule has 0 aromatic heterocycles. The summed E-state index contributed by atoms with van der Waals surface area (Å²) in [6, 6.07) is 20.5. The van der Waals surface area contributed by atoms with Crippen LogP contribution in [-0.4, -0.2) is 42.3 Å². The molecule has 34 heavy (non-hydrogen) atoms. The van der Waals surface area contributed by atoms with E-state index in [1.165, 1.54) is 0 Å². The monoisotopic (exact) mass is 544 g/mol. The summed E-state index contributed by atoms with van der Waals surface area (Å²) in [7, 11) is -13.1. The molecule has 2 aromatic rings. The van der Waals surface area contributed by atoms with Gasteiger partial charge in [-0.1, -0.05) is 77.8 Å². The van der Waals surface area contributed by atoms with Crippen molar-refractivity contribution in [1.29, 1.82) is 0 Å². The number of hydrogen-bond donors (Lipinski definition) is 0. The van der Waals surface area contributed by atoms with Crippen molar-refractivity contribution in [3.63, 3.8) is 0 Å². The van der Waals surface area contributed by atoms with E-state index in [0.717, 1.165) is 10.4 Å². The highest BCUT2D eigenvalue weighted by molar-refractivity contribution is 7.03. The molecule has 0 amide bonds. The average molecular weight is 545 g/mol. The molecule has 0 saturated carbocycles. The van der Waals surface area contributed by atoms with Crippen LogP contribution >= 0.6 is 0 Å². The Hall–Kier alpha value is -1.42. The second-order valence-corrected chi connectivity index (χ2v) is 28.1. The van der Waals surface area contributed by atoms with Crippen LogP contribution in [0, 0.1) is 0 Å². The Morgan fingerprint density at radius 3 is 1.32 bits per heavy atom. The third kappa shape index (κ3) is 7.54. The minimum Gasteiger partial charge on any atom is -0.433 e. The van der Waals surface area contributed by atoms with E-state index in [1.54, 1.807) is 0 Å². The van der Waals surface area contributed by atoms with E-state index in [2.05, 4.69) is 83.3 Å². The lowest BCUT2D eigenvalue weighted by atomic mass is 10.4. The van der Waals surface area contributed by atoms with E-state index >= 15 is 0 Å². The molecule has 0 bridgehead atoms. The third-order valence-electron chi connectivity index (χ3n) is 5.37. The van der Waals surface area contributed by atoms with Gasteiger partial charge in [-0.2, -0.15) is 0 Å². The summed E-state index contributed by atoms with van der Waals surface area (Å²) in [6.07, 6.45) is 0. The molecule has 0 aliphatic heterocycles. The van der Waals surface area contributed by atoms with E-state index in [1.807, 2.05) is 60.0 Å². The lowest BCUT2D eigenvalue weighted by Crippen LogP contribution is -2.72. The zero-order chi connectivity index (χ0) is 25.7. The molecule has 0 N–H and O–H groups in total. The Kier molecular flexibility index (Phi) is 9.41. The molecule has 0 radical (unpaired) electrons. The summed E-state index contributed by atoms with van der Waals surface area (Å²) in [6.45, 7) is 26.9. The van der Waals surface area contributed by atoms with Gasteiger partial charge in [0.25, 0.3) is 0 Å². The fourth-order valence-corrected chi connectivity index (χ4v) is 24.5. The molecule has 1 unspecified atom stereocenters. The van der Waals surface area contributed by atoms with Gasteiger partial charge in [0.05, 0.1) is 0 Å². The van der Waals surface area contributed by atoms with Crippen molar-refractivity contribution in [2.24, 2.45) is 0 Å². The highest BCUT2D eigenvalue weighted by atomic mass is 28.5. The van der Waals surface area contributed by atoms with Crippen molar-refractivity contribution in [1.82, 2.24) is 0 Å². The quantitative estimate of drug-likeness (QED) is 0.305. The van der Waals surface area contributed by atoms with Crippen LogP contribution in [0.2, 0.25) is 45.8 Å². The molecule has 2 rings (SSSR count). The predicted molar refractivity (Wildman–Crippen MR) is 157 cm³/mol. The normalized spacial score (nSPS) is 14.8. The Morgan fingerprint density at radius 1 is 0.529 bits per heavy atom. The first kappa shape index (κ1) is 28.8. The molecule has 9 heteroatoms. The number of benzene rings is 2. The first-order chi connectivity index (χ1) is 15.7. The minimum absolute atomic E-state index is 1.02. The standard InChI is InChI=1S/C25H40O4Si5/c1-11-30(4,5)26-32(8,9)28-34(24-20-16-14-17-21-24,25-22-18-15-19-23-25)29-33(10,13-3)27-31(6,7)12-2/h11-23H,1-3H2,4-10H3. The van der Waals surface area contributed by atoms with Gasteiger partial charge in [-0.05, 0) is 56.2 Å². The van der Waals surface area contributed by atoms with Crippen LogP contribution in [0.25, 0.3) is 0 Å². The van der Waals surface area contributed by atoms with Gasteiger partial charge in [-0.3, -0.25) is 0 Å². The lowest BCUT2D eigenvalue weighted by Gasteiger charge is -2.44. The summed E-state index contributed by atoms with van der Waals surface area (Å²) < 4.78 is 27.8. The van der Waals surface area contributed by atoms with Crippen molar-refractivity contribution in [3.05, 3.63) is 97.5 Å². The maximum absolute atomic E-state index is 7.22. The van der Waals surface area contributed by atoms with Crippen LogP contribution in [-0.2, 0) is 16.5 Å². The van der Waals surface area contributed by atoms with Gasteiger partial charge < -0.3 is 16.5 Å². The Balaban J connectivity index is 2.75. The number of hydrogen-bond acceptors (Lipinski definition) is 4. The van der Waals surface area contributed by atoms with E-state index < -0.39 is 42.3 Å². The zero-order valence-corrected chi connectivity index (χ0v) is 26.8. The summed E-state index contributed by atoms with van der Waals surface area (Å²) >= 11 is 0. The van der Waals surface area contributed by atoms with Crippen LogP contribution in [0.4, 0.5) is 0 Å². The van der Waals surface area contributed by atoms with Crippen LogP contribution in [0.3, 0.4) is 0 Å². The van der Waals surface area contributed by atoms with Crippen molar-refractivity contribution in [2.75, 3.05) is 0 Å². The van der Waals surface area contributed by atoms with E-state index in [4.69, 9.17) is 16.5 Å². The largest absolute Gasteiger partial charge is 0.433 e.